The second kappa shape index (κ2) is 8.34. The Morgan fingerprint density at radius 3 is 2.46 bits per heavy atom. The van der Waals surface area contributed by atoms with Crippen molar-refractivity contribution in [3.05, 3.63) is 39.7 Å². The summed E-state index contributed by atoms with van der Waals surface area (Å²) in [7, 11) is 0. The van der Waals surface area contributed by atoms with Crippen molar-refractivity contribution >= 4 is 17.6 Å². The van der Waals surface area contributed by atoms with E-state index in [1.165, 1.54) is 11.1 Å². The predicted molar refractivity (Wildman–Crippen MR) is 154 cm³/mol. The molecule has 0 spiro atoms. The first-order valence-corrected chi connectivity index (χ1v) is 15.6. The Morgan fingerprint density at radius 2 is 1.79 bits per heavy atom. The lowest BCUT2D eigenvalue weighted by molar-refractivity contribution is -0.179. The summed E-state index contributed by atoms with van der Waals surface area (Å²) in [6, 6.07) is 4.27. The molecular weight excluding hydrogens is 504 g/mol. The van der Waals surface area contributed by atoms with E-state index < -0.39 is 11.4 Å². The van der Waals surface area contributed by atoms with Crippen molar-refractivity contribution in [1.82, 2.24) is 4.98 Å². The van der Waals surface area contributed by atoms with Crippen LogP contribution in [0.2, 0.25) is 5.15 Å². The minimum absolute atomic E-state index is 0.000681. The van der Waals surface area contributed by atoms with Crippen molar-refractivity contribution in [3.63, 3.8) is 0 Å². The quantitative estimate of drug-likeness (QED) is 0.282. The van der Waals surface area contributed by atoms with Gasteiger partial charge in [0.15, 0.2) is 0 Å². The molecular formula is C34H45ClN2O2. The van der Waals surface area contributed by atoms with E-state index in [9.17, 15) is 15.2 Å². The Hall–Kier alpha value is -1.86. The summed E-state index contributed by atoms with van der Waals surface area (Å²) in [6.45, 7) is 16.9. The molecule has 1 aromatic heterocycles. The van der Waals surface area contributed by atoms with Crippen molar-refractivity contribution in [2.24, 2.45) is 51.2 Å². The van der Waals surface area contributed by atoms with Crippen LogP contribution in [-0.2, 0) is 16.6 Å². The maximum Gasteiger partial charge on any atom is 0.310 e. The molecule has 1 heterocycles. The number of halogens is 1. The van der Waals surface area contributed by atoms with Gasteiger partial charge in [0.1, 0.15) is 11.2 Å². The zero-order valence-corrected chi connectivity index (χ0v) is 25.6. The van der Waals surface area contributed by atoms with Crippen LogP contribution in [0.15, 0.2) is 17.7 Å². The van der Waals surface area contributed by atoms with Crippen molar-refractivity contribution in [3.8, 4) is 6.07 Å². The molecule has 0 radical (unpaired) electrons. The highest BCUT2D eigenvalue weighted by atomic mass is 35.5. The molecule has 0 aromatic carbocycles. The van der Waals surface area contributed by atoms with Crippen molar-refractivity contribution in [2.75, 3.05) is 0 Å². The number of hydrogen-bond acceptors (Lipinski definition) is 3. The topological polar surface area (TPSA) is 74.0 Å². The van der Waals surface area contributed by atoms with E-state index in [4.69, 9.17) is 16.6 Å². The molecule has 0 aliphatic heterocycles. The summed E-state index contributed by atoms with van der Waals surface area (Å²) in [5, 5.41) is 20.7. The van der Waals surface area contributed by atoms with Gasteiger partial charge in [-0.2, -0.15) is 5.26 Å². The van der Waals surface area contributed by atoms with Crippen LogP contribution in [0, 0.1) is 62.6 Å². The molecule has 210 valence electrons. The van der Waals surface area contributed by atoms with Crippen LogP contribution in [0.3, 0.4) is 0 Å². The van der Waals surface area contributed by atoms with Crippen LogP contribution in [0.4, 0.5) is 0 Å². The molecule has 1 aromatic rings. The molecule has 3 fully saturated rings. The highest BCUT2D eigenvalue weighted by Gasteiger charge is 2.69. The minimum Gasteiger partial charge on any atom is -0.481 e. The Morgan fingerprint density at radius 1 is 1.08 bits per heavy atom. The third-order valence-electron chi connectivity index (χ3n) is 13.9. The molecule has 5 heteroatoms. The summed E-state index contributed by atoms with van der Waals surface area (Å²) in [5.41, 5.74) is 3.63. The van der Waals surface area contributed by atoms with Gasteiger partial charge in [-0.1, -0.05) is 71.7 Å². The molecule has 1 N–H and O–H groups in total. The Labute approximate surface area is 239 Å². The third kappa shape index (κ3) is 3.23. The van der Waals surface area contributed by atoms with E-state index in [0.717, 1.165) is 57.1 Å². The maximum absolute atomic E-state index is 12.9. The second-order valence-corrected chi connectivity index (χ2v) is 15.8. The number of rotatable bonds is 1. The monoisotopic (exact) mass is 548 g/mol. The molecule has 0 saturated heterocycles. The number of aliphatic carboxylic acids is 1. The van der Waals surface area contributed by atoms with E-state index in [-0.39, 0.29) is 27.6 Å². The number of nitriles is 1. The van der Waals surface area contributed by atoms with Crippen LogP contribution in [0.25, 0.3) is 0 Å². The first kappa shape index (κ1) is 27.3. The third-order valence-corrected chi connectivity index (χ3v) is 14.2. The average molecular weight is 549 g/mol. The number of hydrogen-bond donors (Lipinski definition) is 1. The fourth-order valence-corrected chi connectivity index (χ4v) is 11.7. The number of fused-ring (bicyclic) bond motifs is 8. The van der Waals surface area contributed by atoms with Crippen LogP contribution >= 0.6 is 11.6 Å². The maximum atomic E-state index is 12.9. The van der Waals surface area contributed by atoms with E-state index in [1.807, 2.05) is 6.07 Å². The summed E-state index contributed by atoms with van der Waals surface area (Å²) >= 11 is 6.45. The number of carboxylic acids is 1. The standard InChI is InChI=1S/C34H45ClN2O2/c1-19-10-13-34(29(38)39)15-14-32(6)23(26(34)20(19)2)8-9-25-31(5)17-21-16-22(18-36)28(35)37-27(21)30(3,4)24(31)11-12-33(25,32)7/h8,16,19-20,24-26H,9-15,17H2,1-7H3,(H,38,39). The molecule has 5 aliphatic rings. The van der Waals surface area contributed by atoms with Crippen LogP contribution in [0.1, 0.15) is 110 Å². The largest absolute Gasteiger partial charge is 0.481 e. The molecule has 39 heavy (non-hydrogen) atoms. The van der Waals surface area contributed by atoms with Gasteiger partial charge in [-0.15, -0.1) is 0 Å². The number of pyridine rings is 1. The molecule has 4 nitrogen and oxygen atoms in total. The number of carboxylic acid groups (broad SMARTS) is 1. The van der Waals surface area contributed by atoms with Gasteiger partial charge in [-0.3, -0.25) is 4.79 Å². The molecule has 5 aliphatic carbocycles. The summed E-state index contributed by atoms with van der Waals surface area (Å²) in [4.78, 5) is 17.8. The fourth-order valence-electron chi connectivity index (χ4n) is 11.5. The number of nitrogens with zero attached hydrogens (tertiary/aromatic N) is 2. The van der Waals surface area contributed by atoms with Crippen LogP contribution in [0.5, 0.6) is 0 Å². The van der Waals surface area contributed by atoms with Gasteiger partial charge in [-0.05, 0) is 109 Å². The molecule has 0 bridgehead atoms. The highest BCUT2D eigenvalue weighted by molar-refractivity contribution is 6.30. The second-order valence-electron chi connectivity index (χ2n) is 15.5. The molecule has 3 saturated carbocycles. The smallest absolute Gasteiger partial charge is 0.310 e. The van der Waals surface area contributed by atoms with Gasteiger partial charge >= 0.3 is 5.97 Å². The van der Waals surface area contributed by atoms with Gasteiger partial charge < -0.3 is 5.11 Å². The zero-order chi connectivity index (χ0) is 28.3. The molecule has 0 amide bonds. The van der Waals surface area contributed by atoms with Crippen molar-refractivity contribution in [1.29, 1.82) is 5.26 Å². The lowest BCUT2D eigenvalue weighted by Crippen LogP contribution is -2.65. The zero-order valence-electron chi connectivity index (χ0n) is 24.8. The van der Waals surface area contributed by atoms with Gasteiger partial charge in [0.25, 0.3) is 0 Å². The van der Waals surface area contributed by atoms with Gasteiger partial charge in [-0.25, -0.2) is 4.98 Å². The average Bonchev–Trinajstić information content (AvgIpc) is 2.86. The SMILES string of the molecule is CC1CCC2(C(=O)O)CCC3(C)C(=CCC4C5(C)Cc6cc(C#N)c(Cl)nc6C(C)(C)C5CCC43C)C2C1C. The van der Waals surface area contributed by atoms with E-state index >= 15 is 0 Å². The van der Waals surface area contributed by atoms with E-state index in [1.54, 1.807) is 0 Å². The van der Waals surface area contributed by atoms with Gasteiger partial charge in [0.05, 0.1) is 16.7 Å². The Bertz CT molecular complexity index is 1330. The summed E-state index contributed by atoms with van der Waals surface area (Å²) < 4.78 is 0. The first-order chi connectivity index (χ1) is 18.2. The lowest BCUT2D eigenvalue weighted by atomic mass is 9.33. The highest BCUT2D eigenvalue weighted by Crippen LogP contribution is 2.75. The molecule has 6 rings (SSSR count). The Balaban J connectivity index is 1.48. The van der Waals surface area contributed by atoms with Crippen molar-refractivity contribution in [2.45, 2.75) is 105 Å². The molecule has 9 atom stereocenters. The number of allylic oxidation sites excluding steroid dienone is 2. The lowest BCUT2D eigenvalue weighted by Gasteiger charge is -2.70. The minimum atomic E-state index is -0.605. The van der Waals surface area contributed by atoms with Crippen LogP contribution < -0.4 is 0 Å². The van der Waals surface area contributed by atoms with E-state index in [0.29, 0.717) is 34.4 Å². The van der Waals surface area contributed by atoms with Crippen LogP contribution in [-0.4, -0.2) is 16.1 Å². The fraction of sp³-hybridized carbons (Fsp3) is 0.735. The van der Waals surface area contributed by atoms with Crippen molar-refractivity contribution < 1.29 is 9.90 Å². The first-order valence-electron chi connectivity index (χ1n) is 15.2. The number of aromatic nitrogens is 1. The Kier molecular flexibility index (Phi) is 5.84. The normalized spacial score (nSPS) is 45.8. The number of carbonyl (C=O) groups is 1. The van der Waals surface area contributed by atoms with Gasteiger partial charge in [0.2, 0.25) is 0 Å². The van der Waals surface area contributed by atoms with E-state index in [2.05, 4.69) is 60.6 Å². The summed E-state index contributed by atoms with van der Waals surface area (Å²) in [5.74, 6) is 1.46. The molecule has 9 unspecified atom stereocenters. The van der Waals surface area contributed by atoms with Gasteiger partial charge in [0, 0.05) is 5.41 Å². The summed E-state index contributed by atoms with van der Waals surface area (Å²) in [6.07, 6.45) is 10.4. The predicted octanol–water partition coefficient (Wildman–Crippen LogP) is 8.36.